The zero-order valence-electron chi connectivity index (χ0n) is 6.91. The lowest BCUT2D eigenvalue weighted by Crippen LogP contribution is -1.55. The minimum atomic E-state index is 1.20. The molecule has 0 N–H and O–H groups in total. The Morgan fingerprint density at radius 2 is 1.77 bits per heavy atom. The van der Waals surface area contributed by atoms with Crippen LogP contribution < -0.4 is 0 Å². The summed E-state index contributed by atoms with van der Waals surface area (Å²) in [5, 5.41) is 0. The summed E-state index contributed by atoms with van der Waals surface area (Å²) in [5.41, 5.74) is 0. The van der Waals surface area contributed by atoms with Crippen LogP contribution >= 0.6 is 50.4 Å². The van der Waals surface area contributed by atoms with Crippen molar-refractivity contribution in [2.24, 2.45) is 0 Å². The van der Waals surface area contributed by atoms with Crippen LogP contribution in [0.1, 0.15) is 0 Å². The Bertz CT molecular complexity index is 402. The molecule has 0 radical (unpaired) electrons. The van der Waals surface area contributed by atoms with Gasteiger partial charge in [-0.2, -0.15) is 0 Å². The molecule has 0 nitrogen and oxygen atoms in total. The second-order valence-electron chi connectivity index (χ2n) is 2.43. The molecule has 0 aliphatic rings. The lowest BCUT2D eigenvalue weighted by molar-refractivity contribution is 1.74. The largest absolute Gasteiger partial charge is 0.128 e. The van der Waals surface area contributed by atoms with Crippen molar-refractivity contribution in [2.45, 2.75) is 4.21 Å². The van der Waals surface area contributed by atoms with Crippen LogP contribution in [0.5, 0.6) is 0 Å². The monoisotopic (exact) mass is 290 g/mol. The van der Waals surface area contributed by atoms with Gasteiger partial charge in [0.1, 0.15) is 0 Å². The Morgan fingerprint density at radius 3 is 2.31 bits per heavy atom. The highest BCUT2D eigenvalue weighted by Gasteiger charge is 2.04. The Labute approximate surface area is 98.1 Å². The van der Waals surface area contributed by atoms with E-state index in [1.54, 1.807) is 23.1 Å². The van der Waals surface area contributed by atoms with E-state index in [1.807, 2.05) is 11.3 Å². The van der Waals surface area contributed by atoms with Crippen LogP contribution in [0.3, 0.4) is 0 Å². The number of hydrogen-bond donors (Lipinski definition) is 0. The van der Waals surface area contributed by atoms with Crippen LogP contribution in [0, 0.1) is 0 Å². The van der Waals surface area contributed by atoms with Gasteiger partial charge in [0.25, 0.3) is 0 Å². The highest BCUT2D eigenvalue weighted by atomic mass is 79.9. The molecule has 2 heterocycles. The third-order valence-electron chi connectivity index (χ3n) is 1.60. The maximum absolute atomic E-state index is 3.47. The van der Waals surface area contributed by atoms with E-state index in [2.05, 4.69) is 46.5 Å². The molecule has 0 bridgehead atoms. The lowest BCUT2D eigenvalue weighted by Gasteiger charge is -1.87. The average molecular weight is 291 g/mol. The van der Waals surface area contributed by atoms with E-state index < -0.39 is 0 Å². The van der Waals surface area contributed by atoms with E-state index in [4.69, 9.17) is 0 Å². The summed E-state index contributed by atoms with van der Waals surface area (Å²) in [6, 6.07) is 8.62. The molecule has 2 rings (SSSR count). The third kappa shape index (κ3) is 2.18. The molecule has 0 fully saturated rings. The maximum Gasteiger partial charge on any atom is 0.0705 e. The van der Waals surface area contributed by atoms with Crippen molar-refractivity contribution >= 4 is 50.4 Å². The van der Waals surface area contributed by atoms with Gasteiger partial charge in [-0.3, -0.25) is 0 Å². The molecule has 0 saturated carbocycles. The molecule has 0 aliphatic heterocycles. The summed E-state index contributed by atoms with van der Waals surface area (Å²) < 4.78 is 2.57. The van der Waals surface area contributed by atoms with Gasteiger partial charge in [0.2, 0.25) is 0 Å². The van der Waals surface area contributed by atoms with E-state index >= 15 is 0 Å². The molecule has 2 aromatic rings. The molecule has 2 aromatic heterocycles. The van der Waals surface area contributed by atoms with E-state index in [0.717, 1.165) is 0 Å². The molecule has 0 saturated heterocycles. The Balaban J connectivity index is 2.35. The summed E-state index contributed by atoms with van der Waals surface area (Å²) in [4.78, 5) is 2.71. The summed E-state index contributed by atoms with van der Waals surface area (Å²) in [6.45, 7) is 0. The van der Waals surface area contributed by atoms with Crippen LogP contribution in [-0.4, -0.2) is 6.26 Å². The Morgan fingerprint density at radius 1 is 1.08 bits per heavy atom. The quantitative estimate of drug-likeness (QED) is 0.705. The molecule has 4 heteroatoms. The normalized spacial score (nSPS) is 10.6. The average Bonchev–Trinajstić information content (AvgIpc) is 2.71. The molecule has 0 atom stereocenters. The summed E-state index contributed by atoms with van der Waals surface area (Å²) >= 11 is 8.91. The van der Waals surface area contributed by atoms with Gasteiger partial charge < -0.3 is 0 Å². The van der Waals surface area contributed by atoms with Gasteiger partial charge in [0.05, 0.1) is 8.00 Å². The van der Waals surface area contributed by atoms with Crippen LogP contribution in [-0.2, 0) is 0 Å². The molecule has 68 valence electrons. The van der Waals surface area contributed by atoms with E-state index in [1.165, 1.54) is 17.7 Å². The molecule has 13 heavy (non-hydrogen) atoms. The fraction of sp³-hybridized carbons (Fsp3) is 0.111. The molecule has 0 aromatic carbocycles. The van der Waals surface area contributed by atoms with Gasteiger partial charge in [0.15, 0.2) is 0 Å². The van der Waals surface area contributed by atoms with Crippen LogP contribution in [0.2, 0.25) is 0 Å². The first-order chi connectivity index (χ1) is 6.29. The Kier molecular flexibility index (Phi) is 3.14. The fourth-order valence-corrected chi connectivity index (χ4v) is 4.03. The molecule has 0 spiro atoms. The molecule has 0 amide bonds. The first-order valence-corrected chi connectivity index (χ1v) is 7.34. The zero-order valence-corrected chi connectivity index (χ0v) is 10.9. The van der Waals surface area contributed by atoms with Gasteiger partial charge in [-0.1, -0.05) is 0 Å². The summed E-state index contributed by atoms with van der Waals surface area (Å²) in [7, 11) is 0. The predicted octanol–water partition coefficient (Wildman–Crippen LogP) is 4.96. The standard InChI is InChI=1S/C9H7BrS3/c1-11-9-5-3-7(13-9)6-2-4-8(10)12-6/h2-5H,1H3. The van der Waals surface area contributed by atoms with Crippen molar-refractivity contribution in [1.82, 2.24) is 0 Å². The van der Waals surface area contributed by atoms with Crippen molar-refractivity contribution in [3.05, 3.63) is 28.1 Å². The number of halogens is 1. The highest BCUT2D eigenvalue weighted by molar-refractivity contribution is 9.11. The van der Waals surface area contributed by atoms with Gasteiger partial charge in [0, 0.05) is 9.75 Å². The minimum Gasteiger partial charge on any atom is -0.128 e. The van der Waals surface area contributed by atoms with Crippen LogP contribution in [0.15, 0.2) is 32.3 Å². The van der Waals surface area contributed by atoms with Crippen LogP contribution in [0.4, 0.5) is 0 Å². The maximum atomic E-state index is 3.47. The number of rotatable bonds is 2. The molecular weight excluding hydrogens is 284 g/mol. The third-order valence-corrected chi connectivity index (χ3v) is 5.59. The first kappa shape index (κ1) is 9.77. The fourth-order valence-electron chi connectivity index (χ4n) is 1.01. The van der Waals surface area contributed by atoms with Gasteiger partial charge >= 0.3 is 0 Å². The van der Waals surface area contributed by atoms with Crippen molar-refractivity contribution in [1.29, 1.82) is 0 Å². The van der Waals surface area contributed by atoms with Gasteiger partial charge in [-0.25, -0.2) is 0 Å². The highest BCUT2D eigenvalue weighted by Crippen LogP contribution is 2.37. The van der Waals surface area contributed by atoms with E-state index in [-0.39, 0.29) is 0 Å². The van der Waals surface area contributed by atoms with Crippen molar-refractivity contribution in [3.63, 3.8) is 0 Å². The summed E-state index contributed by atoms with van der Waals surface area (Å²) in [5.74, 6) is 0. The summed E-state index contributed by atoms with van der Waals surface area (Å²) in [6.07, 6.45) is 2.11. The second-order valence-corrected chi connectivity index (χ2v) is 7.08. The SMILES string of the molecule is CSc1ccc(-c2ccc(Br)s2)s1. The van der Waals surface area contributed by atoms with E-state index in [0.29, 0.717) is 0 Å². The zero-order chi connectivity index (χ0) is 9.26. The van der Waals surface area contributed by atoms with Crippen molar-refractivity contribution in [2.75, 3.05) is 6.26 Å². The number of thioether (sulfide) groups is 1. The number of thiophene rings is 2. The molecular formula is C9H7BrS3. The topological polar surface area (TPSA) is 0 Å². The molecule has 0 aliphatic carbocycles. The van der Waals surface area contributed by atoms with Crippen LogP contribution in [0.25, 0.3) is 9.75 Å². The van der Waals surface area contributed by atoms with Gasteiger partial charge in [-0.05, 0) is 46.5 Å². The number of hydrogen-bond acceptors (Lipinski definition) is 3. The van der Waals surface area contributed by atoms with Gasteiger partial charge in [-0.15, -0.1) is 34.4 Å². The first-order valence-electron chi connectivity index (χ1n) is 3.69. The Hall–Kier alpha value is 0.230. The second kappa shape index (κ2) is 4.17. The van der Waals surface area contributed by atoms with Crippen molar-refractivity contribution in [3.8, 4) is 9.75 Å². The molecule has 0 unspecified atom stereocenters. The van der Waals surface area contributed by atoms with E-state index in [9.17, 15) is 0 Å². The predicted molar refractivity (Wildman–Crippen MR) is 67.1 cm³/mol. The minimum absolute atomic E-state index is 1.20. The smallest absolute Gasteiger partial charge is 0.0705 e. The lowest BCUT2D eigenvalue weighted by atomic mass is 10.4. The van der Waals surface area contributed by atoms with Crippen molar-refractivity contribution < 1.29 is 0 Å².